The summed E-state index contributed by atoms with van der Waals surface area (Å²) < 4.78 is 2.52. The van der Waals surface area contributed by atoms with Gasteiger partial charge in [-0.3, -0.25) is 0 Å². The minimum Gasteiger partial charge on any atom is -0.340 e. The fourth-order valence-electron chi connectivity index (χ4n) is 4.03. The molecule has 4 rings (SSSR count). The van der Waals surface area contributed by atoms with Gasteiger partial charge in [-0.2, -0.15) is 0 Å². The zero-order valence-electron chi connectivity index (χ0n) is 14.7. The predicted molar refractivity (Wildman–Crippen MR) is 114 cm³/mol. The average molecular weight is 434 g/mol. The monoisotopic (exact) mass is 434 g/mol. The van der Waals surface area contributed by atoms with E-state index in [1.165, 1.54) is 54.0 Å². The lowest BCUT2D eigenvalue weighted by Crippen LogP contribution is -2.36. The van der Waals surface area contributed by atoms with Gasteiger partial charge in [0.05, 0.1) is 0 Å². The lowest BCUT2D eigenvalue weighted by atomic mass is 10.00. The van der Waals surface area contributed by atoms with Crippen molar-refractivity contribution in [3.05, 3.63) is 48.5 Å². The number of hydrogen-bond acceptors (Lipinski definition) is 1. The maximum Gasteiger partial charge on any atom is 0.0491 e. The molecule has 0 saturated carbocycles. The van der Waals surface area contributed by atoms with Gasteiger partial charge in [0.15, 0.2) is 0 Å². The molecule has 3 heteroatoms. The standard InChI is InChI=1S/C20H24N2.CH3I/c1-21-14-7-6-8-16(21)13-15-22-19-11-4-2-9-17(19)18-10-3-5-12-20(18)22;1-2/h2-5,9-12,16H,6-8,13-15H2,1H3;1H3. The van der Waals surface area contributed by atoms with Gasteiger partial charge in [-0.1, -0.05) is 65.4 Å². The summed E-state index contributed by atoms with van der Waals surface area (Å²) in [5, 5.41) is 2.77. The third kappa shape index (κ3) is 3.47. The summed E-state index contributed by atoms with van der Waals surface area (Å²) in [5.41, 5.74) is 2.75. The van der Waals surface area contributed by atoms with Gasteiger partial charge >= 0.3 is 0 Å². The van der Waals surface area contributed by atoms with Gasteiger partial charge < -0.3 is 9.47 Å². The van der Waals surface area contributed by atoms with Gasteiger partial charge in [0, 0.05) is 34.4 Å². The van der Waals surface area contributed by atoms with Crippen molar-refractivity contribution in [1.29, 1.82) is 0 Å². The molecule has 128 valence electrons. The van der Waals surface area contributed by atoms with E-state index in [9.17, 15) is 0 Å². The van der Waals surface area contributed by atoms with E-state index in [0.29, 0.717) is 0 Å². The van der Waals surface area contributed by atoms with E-state index < -0.39 is 0 Å². The van der Waals surface area contributed by atoms with Crippen LogP contribution in [0.4, 0.5) is 0 Å². The lowest BCUT2D eigenvalue weighted by Gasteiger charge is -2.32. The molecule has 2 nitrogen and oxygen atoms in total. The smallest absolute Gasteiger partial charge is 0.0491 e. The molecule has 0 aliphatic carbocycles. The van der Waals surface area contributed by atoms with E-state index in [1.807, 2.05) is 4.93 Å². The van der Waals surface area contributed by atoms with Gasteiger partial charge in [0.1, 0.15) is 0 Å². The van der Waals surface area contributed by atoms with Gasteiger partial charge in [0.2, 0.25) is 0 Å². The number of hydrogen-bond donors (Lipinski definition) is 0. The van der Waals surface area contributed by atoms with Crippen LogP contribution in [-0.4, -0.2) is 34.0 Å². The van der Waals surface area contributed by atoms with Crippen LogP contribution in [0, 0.1) is 0 Å². The molecule has 0 radical (unpaired) electrons. The van der Waals surface area contributed by atoms with E-state index in [2.05, 4.69) is 87.6 Å². The third-order valence-corrected chi connectivity index (χ3v) is 5.29. The van der Waals surface area contributed by atoms with Crippen LogP contribution in [0.1, 0.15) is 25.7 Å². The van der Waals surface area contributed by atoms with Crippen molar-refractivity contribution in [3.8, 4) is 0 Å². The Labute approximate surface area is 159 Å². The highest BCUT2D eigenvalue weighted by molar-refractivity contribution is 14.1. The normalized spacial score (nSPS) is 18.5. The molecule has 1 aliphatic heterocycles. The Kier molecular flexibility index (Phi) is 6.17. The van der Waals surface area contributed by atoms with Gasteiger partial charge in [-0.15, -0.1) is 0 Å². The molecule has 2 aromatic carbocycles. The number of piperidine rings is 1. The molecule has 1 aliphatic rings. The summed E-state index contributed by atoms with van der Waals surface area (Å²) in [4.78, 5) is 4.52. The van der Waals surface area contributed by atoms with Crippen LogP contribution in [0.15, 0.2) is 48.5 Å². The van der Waals surface area contributed by atoms with Crippen LogP contribution in [0.2, 0.25) is 0 Å². The molecule has 0 spiro atoms. The lowest BCUT2D eigenvalue weighted by molar-refractivity contribution is 0.172. The van der Waals surface area contributed by atoms with Crippen LogP contribution in [0.3, 0.4) is 0 Å². The molecule has 2 heterocycles. The van der Waals surface area contributed by atoms with Crippen molar-refractivity contribution < 1.29 is 0 Å². The van der Waals surface area contributed by atoms with Crippen LogP contribution < -0.4 is 0 Å². The number of alkyl halides is 1. The molecule has 0 bridgehead atoms. The Morgan fingerprint density at radius 3 is 2.08 bits per heavy atom. The fourth-order valence-corrected chi connectivity index (χ4v) is 4.03. The molecule has 3 aromatic rings. The molecule has 1 atom stereocenters. The molecule has 1 aromatic heterocycles. The van der Waals surface area contributed by atoms with Gasteiger partial charge in [-0.05, 0) is 49.9 Å². The predicted octanol–water partition coefficient (Wildman–Crippen LogP) is 5.72. The van der Waals surface area contributed by atoms with Crippen LogP contribution in [0.5, 0.6) is 0 Å². The first kappa shape index (κ1) is 17.7. The molecule has 0 amide bonds. The number of rotatable bonds is 3. The first-order valence-corrected chi connectivity index (χ1v) is 11.0. The largest absolute Gasteiger partial charge is 0.340 e. The van der Waals surface area contributed by atoms with Crippen molar-refractivity contribution in [2.45, 2.75) is 38.3 Å². The summed E-state index contributed by atoms with van der Waals surface area (Å²) in [6.07, 6.45) is 5.36. The van der Waals surface area contributed by atoms with E-state index in [-0.39, 0.29) is 0 Å². The number of para-hydroxylation sites is 2. The van der Waals surface area contributed by atoms with E-state index in [4.69, 9.17) is 0 Å². The Bertz CT molecular complexity index is 739. The number of fused-ring (bicyclic) bond motifs is 3. The fraction of sp³-hybridized carbons (Fsp3) is 0.429. The summed E-state index contributed by atoms with van der Waals surface area (Å²) in [6.45, 7) is 2.38. The Morgan fingerprint density at radius 2 is 1.50 bits per heavy atom. The highest BCUT2D eigenvalue weighted by Crippen LogP contribution is 2.29. The second-order valence-corrected chi connectivity index (χ2v) is 6.60. The summed E-state index contributed by atoms with van der Waals surface area (Å²) in [5.74, 6) is 0. The minimum atomic E-state index is 0.744. The second-order valence-electron chi connectivity index (χ2n) is 6.60. The number of halogens is 1. The van der Waals surface area contributed by atoms with Crippen LogP contribution in [-0.2, 0) is 6.54 Å². The zero-order chi connectivity index (χ0) is 16.9. The Hall–Kier alpha value is -1.07. The van der Waals surface area contributed by atoms with Crippen molar-refractivity contribution in [2.75, 3.05) is 18.5 Å². The Balaban J connectivity index is 0.000000815. The number of aromatic nitrogens is 1. The number of nitrogens with zero attached hydrogens (tertiary/aromatic N) is 2. The third-order valence-electron chi connectivity index (χ3n) is 5.29. The summed E-state index contributed by atoms with van der Waals surface area (Å²) in [7, 11) is 2.29. The zero-order valence-corrected chi connectivity index (χ0v) is 16.9. The maximum absolute atomic E-state index is 2.55. The quantitative estimate of drug-likeness (QED) is 0.378. The molecular weight excluding hydrogens is 407 g/mol. The second kappa shape index (κ2) is 8.34. The van der Waals surface area contributed by atoms with Crippen LogP contribution >= 0.6 is 22.6 Å². The molecule has 1 saturated heterocycles. The van der Waals surface area contributed by atoms with E-state index in [1.54, 1.807) is 0 Å². The van der Waals surface area contributed by atoms with Crippen molar-refractivity contribution >= 4 is 44.4 Å². The highest BCUT2D eigenvalue weighted by Gasteiger charge is 2.19. The van der Waals surface area contributed by atoms with Crippen molar-refractivity contribution in [2.24, 2.45) is 0 Å². The van der Waals surface area contributed by atoms with Gasteiger partial charge in [0.25, 0.3) is 0 Å². The Morgan fingerprint density at radius 1 is 0.917 bits per heavy atom. The maximum atomic E-state index is 2.55. The topological polar surface area (TPSA) is 8.17 Å². The molecule has 24 heavy (non-hydrogen) atoms. The number of benzene rings is 2. The summed E-state index contributed by atoms with van der Waals surface area (Å²) in [6, 6.07) is 18.4. The number of likely N-dealkylation sites (tertiary alicyclic amines) is 1. The SMILES string of the molecule is CI.CN1CCCCC1CCn1c2ccccc2c2ccccc21. The van der Waals surface area contributed by atoms with E-state index in [0.717, 1.165) is 12.6 Å². The summed E-state index contributed by atoms with van der Waals surface area (Å²) >= 11 is 2.15. The van der Waals surface area contributed by atoms with E-state index >= 15 is 0 Å². The highest BCUT2D eigenvalue weighted by atomic mass is 127. The molecule has 0 N–H and O–H groups in total. The number of aryl methyl sites for hydroxylation is 1. The van der Waals surface area contributed by atoms with Crippen molar-refractivity contribution in [3.63, 3.8) is 0 Å². The first-order chi connectivity index (χ1) is 11.8. The van der Waals surface area contributed by atoms with Gasteiger partial charge in [-0.25, -0.2) is 0 Å². The van der Waals surface area contributed by atoms with Crippen molar-refractivity contribution in [1.82, 2.24) is 9.47 Å². The molecule has 1 unspecified atom stereocenters. The molecule has 1 fully saturated rings. The first-order valence-electron chi connectivity index (χ1n) is 8.88. The minimum absolute atomic E-state index is 0.744. The average Bonchev–Trinajstić information content (AvgIpc) is 2.97. The molecular formula is C21H27IN2. The van der Waals surface area contributed by atoms with Crippen LogP contribution in [0.25, 0.3) is 21.8 Å².